The molecule has 1 saturated heterocycles. The average Bonchev–Trinajstić information content (AvgIpc) is 2.72. The Labute approximate surface area is 156 Å². The Morgan fingerprint density at radius 3 is 2.62 bits per heavy atom. The predicted octanol–water partition coefficient (Wildman–Crippen LogP) is 2.19. The quantitative estimate of drug-likeness (QED) is 0.808. The highest BCUT2D eigenvalue weighted by atomic mass is 16.5. The number of carbonyl (C=O) groups is 1. The van der Waals surface area contributed by atoms with E-state index in [9.17, 15) is 4.79 Å². The molecule has 2 fully saturated rings. The van der Waals surface area contributed by atoms with Crippen molar-refractivity contribution in [2.45, 2.75) is 51.7 Å². The molecule has 1 aromatic heterocycles. The number of likely N-dealkylation sites (N-methyl/N-ethyl adjacent to an activating group) is 1. The molecule has 1 N–H and O–H groups in total. The molecular formula is C20H32N4O2. The minimum atomic E-state index is -0.0460. The zero-order valence-corrected chi connectivity index (χ0v) is 16.0. The van der Waals surface area contributed by atoms with E-state index in [1.165, 1.54) is 19.3 Å². The molecule has 0 aromatic carbocycles. The van der Waals surface area contributed by atoms with Gasteiger partial charge in [0, 0.05) is 38.9 Å². The number of piperazine rings is 1. The molecule has 0 bridgehead atoms. The molecule has 1 aliphatic carbocycles. The fourth-order valence-corrected chi connectivity index (χ4v) is 3.68. The maximum atomic E-state index is 12.0. The fourth-order valence-electron chi connectivity index (χ4n) is 3.68. The van der Waals surface area contributed by atoms with Gasteiger partial charge in [0.05, 0.1) is 6.10 Å². The maximum absolute atomic E-state index is 12.0. The summed E-state index contributed by atoms with van der Waals surface area (Å²) in [5.74, 6) is 0.979. The number of rotatable bonds is 7. The average molecular weight is 361 g/mol. The van der Waals surface area contributed by atoms with Crippen molar-refractivity contribution in [2.75, 3.05) is 44.2 Å². The van der Waals surface area contributed by atoms with Crippen LogP contribution in [0.2, 0.25) is 0 Å². The summed E-state index contributed by atoms with van der Waals surface area (Å²) >= 11 is 0. The van der Waals surface area contributed by atoms with Gasteiger partial charge < -0.3 is 19.9 Å². The van der Waals surface area contributed by atoms with Crippen molar-refractivity contribution in [2.24, 2.45) is 0 Å². The summed E-state index contributed by atoms with van der Waals surface area (Å²) < 4.78 is 5.71. The van der Waals surface area contributed by atoms with Crippen molar-refractivity contribution in [1.29, 1.82) is 0 Å². The number of nitrogens with zero attached hydrogens (tertiary/aromatic N) is 3. The molecule has 2 heterocycles. The molecule has 0 radical (unpaired) electrons. The number of ether oxygens (including phenoxy) is 1. The van der Waals surface area contributed by atoms with Gasteiger partial charge in [0.15, 0.2) is 0 Å². The monoisotopic (exact) mass is 360 g/mol. The molecule has 26 heavy (non-hydrogen) atoms. The zero-order chi connectivity index (χ0) is 18.2. The minimum Gasteiger partial charge on any atom is -0.368 e. The molecule has 0 unspecified atom stereocenters. The highest BCUT2D eigenvalue weighted by molar-refractivity contribution is 5.77. The smallest absolute Gasteiger partial charge is 0.246 e. The van der Waals surface area contributed by atoms with Gasteiger partial charge in [-0.25, -0.2) is 4.98 Å². The SMILES string of the molecule is CCN1CCN(c2ccc(CNC(=O)COC3CCCCC3)cn2)CC1. The largest absolute Gasteiger partial charge is 0.368 e. The van der Waals surface area contributed by atoms with Crippen molar-refractivity contribution in [3.8, 4) is 0 Å². The van der Waals surface area contributed by atoms with E-state index < -0.39 is 0 Å². The van der Waals surface area contributed by atoms with Crippen LogP contribution in [0.1, 0.15) is 44.6 Å². The van der Waals surface area contributed by atoms with E-state index in [0.717, 1.165) is 56.9 Å². The first-order chi connectivity index (χ1) is 12.7. The molecular weight excluding hydrogens is 328 g/mol. The van der Waals surface area contributed by atoms with E-state index in [1.54, 1.807) is 0 Å². The summed E-state index contributed by atoms with van der Waals surface area (Å²) in [7, 11) is 0. The van der Waals surface area contributed by atoms with Gasteiger partial charge in [-0.1, -0.05) is 32.3 Å². The third-order valence-electron chi connectivity index (χ3n) is 5.44. The topological polar surface area (TPSA) is 57.7 Å². The number of aromatic nitrogens is 1. The van der Waals surface area contributed by atoms with E-state index in [2.05, 4.69) is 39.2 Å². The van der Waals surface area contributed by atoms with Crippen LogP contribution < -0.4 is 10.2 Å². The third-order valence-corrected chi connectivity index (χ3v) is 5.44. The van der Waals surface area contributed by atoms with Crippen molar-refractivity contribution in [1.82, 2.24) is 15.2 Å². The molecule has 6 nitrogen and oxygen atoms in total. The van der Waals surface area contributed by atoms with Crippen LogP contribution in [0, 0.1) is 0 Å². The van der Waals surface area contributed by atoms with Crippen molar-refractivity contribution in [3.05, 3.63) is 23.9 Å². The summed E-state index contributed by atoms with van der Waals surface area (Å²) in [4.78, 5) is 21.3. The summed E-state index contributed by atoms with van der Waals surface area (Å²) in [6.07, 6.45) is 8.04. The van der Waals surface area contributed by atoms with Crippen LogP contribution in [0.4, 0.5) is 5.82 Å². The maximum Gasteiger partial charge on any atom is 0.246 e. The molecule has 1 amide bonds. The zero-order valence-electron chi connectivity index (χ0n) is 16.0. The predicted molar refractivity (Wildman–Crippen MR) is 103 cm³/mol. The van der Waals surface area contributed by atoms with Gasteiger partial charge in [-0.2, -0.15) is 0 Å². The van der Waals surface area contributed by atoms with Crippen molar-refractivity contribution in [3.63, 3.8) is 0 Å². The lowest BCUT2D eigenvalue weighted by atomic mass is 9.98. The molecule has 144 valence electrons. The van der Waals surface area contributed by atoms with E-state index in [0.29, 0.717) is 6.54 Å². The van der Waals surface area contributed by atoms with Gasteiger partial charge in [-0.15, -0.1) is 0 Å². The minimum absolute atomic E-state index is 0.0460. The first-order valence-electron chi connectivity index (χ1n) is 10.0. The first-order valence-corrected chi connectivity index (χ1v) is 10.0. The van der Waals surface area contributed by atoms with Gasteiger partial charge >= 0.3 is 0 Å². The lowest BCUT2D eigenvalue weighted by Crippen LogP contribution is -2.46. The van der Waals surface area contributed by atoms with Crippen molar-refractivity contribution < 1.29 is 9.53 Å². The Morgan fingerprint density at radius 1 is 1.19 bits per heavy atom. The third kappa shape index (κ3) is 5.68. The Kier molecular flexibility index (Phi) is 7.26. The number of pyridine rings is 1. The second-order valence-corrected chi connectivity index (χ2v) is 7.29. The van der Waals surface area contributed by atoms with E-state index in [4.69, 9.17) is 4.74 Å². The van der Waals surface area contributed by atoms with Crippen LogP contribution >= 0.6 is 0 Å². The standard InChI is InChI=1S/C20H32N4O2/c1-2-23-10-12-24(13-11-23)19-9-8-17(14-21-19)15-22-20(25)16-26-18-6-4-3-5-7-18/h8-9,14,18H,2-7,10-13,15-16H2,1H3,(H,22,25). The Balaban J connectivity index is 1.38. The summed E-state index contributed by atoms with van der Waals surface area (Å²) in [5.41, 5.74) is 1.02. The highest BCUT2D eigenvalue weighted by Gasteiger charge is 2.17. The number of anilines is 1. The van der Waals surface area contributed by atoms with E-state index in [-0.39, 0.29) is 18.6 Å². The van der Waals surface area contributed by atoms with Crippen LogP contribution in [-0.4, -0.2) is 61.2 Å². The Bertz CT molecular complexity index is 549. The number of nitrogens with one attached hydrogen (secondary N) is 1. The molecule has 2 aliphatic rings. The Hall–Kier alpha value is -1.66. The van der Waals surface area contributed by atoms with Gasteiger partial charge in [-0.05, 0) is 31.0 Å². The molecule has 6 heteroatoms. The summed E-state index contributed by atoms with van der Waals surface area (Å²) in [5, 5.41) is 2.93. The van der Waals surface area contributed by atoms with Crippen LogP contribution in [0.3, 0.4) is 0 Å². The van der Waals surface area contributed by atoms with Crippen molar-refractivity contribution >= 4 is 11.7 Å². The first kappa shape index (κ1) is 19.1. The molecule has 1 aliphatic heterocycles. The molecule has 0 spiro atoms. The molecule has 1 saturated carbocycles. The number of carbonyl (C=O) groups excluding carboxylic acids is 1. The molecule has 3 rings (SSSR count). The van der Waals surface area contributed by atoms with Gasteiger partial charge in [0.2, 0.25) is 5.91 Å². The molecule has 0 atom stereocenters. The van der Waals surface area contributed by atoms with Gasteiger partial charge in [0.25, 0.3) is 0 Å². The van der Waals surface area contributed by atoms with Crippen LogP contribution in [-0.2, 0) is 16.1 Å². The lowest BCUT2D eigenvalue weighted by molar-refractivity contribution is -0.128. The second kappa shape index (κ2) is 9.88. The second-order valence-electron chi connectivity index (χ2n) is 7.29. The van der Waals surface area contributed by atoms with E-state index >= 15 is 0 Å². The van der Waals surface area contributed by atoms with Crippen LogP contribution in [0.5, 0.6) is 0 Å². The normalized spacial score (nSPS) is 19.5. The number of hydrogen-bond acceptors (Lipinski definition) is 5. The molecule has 1 aromatic rings. The number of hydrogen-bond donors (Lipinski definition) is 1. The Morgan fingerprint density at radius 2 is 1.96 bits per heavy atom. The van der Waals surface area contributed by atoms with Gasteiger partial charge in [0.1, 0.15) is 12.4 Å². The fraction of sp³-hybridized carbons (Fsp3) is 0.700. The summed E-state index contributed by atoms with van der Waals surface area (Å²) in [6.45, 7) is 8.22. The lowest BCUT2D eigenvalue weighted by Gasteiger charge is -2.34. The van der Waals surface area contributed by atoms with Crippen LogP contribution in [0.15, 0.2) is 18.3 Å². The summed E-state index contributed by atoms with van der Waals surface area (Å²) in [6, 6.07) is 4.11. The highest BCUT2D eigenvalue weighted by Crippen LogP contribution is 2.20. The number of amides is 1. The van der Waals surface area contributed by atoms with Gasteiger partial charge in [-0.3, -0.25) is 4.79 Å². The van der Waals surface area contributed by atoms with Crippen LogP contribution in [0.25, 0.3) is 0 Å². The van der Waals surface area contributed by atoms with E-state index in [1.807, 2.05) is 6.20 Å².